The Morgan fingerprint density at radius 1 is 1.21 bits per heavy atom. The number of aromatic nitrogens is 4. The maximum absolute atomic E-state index is 12.9. The number of methoxy groups -OCH3 is 1. The topological polar surface area (TPSA) is 106 Å². The lowest BCUT2D eigenvalue weighted by molar-refractivity contribution is 0.101. The van der Waals surface area contributed by atoms with Gasteiger partial charge in [0.25, 0.3) is 5.91 Å². The first kappa shape index (κ1) is 23.2. The Balaban J connectivity index is 1.53. The van der Waals surface area contributed by atoms with Crippen LogP contribution in [0, 0.1) is 0 Å². The lowest BCUT2D eigenvalue weighted by Gasteiger charge is -2.36. The number of hydrogen-bond donors (Lipinski definition) is 2. The summed E-state index contributed by atoms with van der Waals surface area (Å²) >= 11 is 12.3. The van der Waals surface area contributed by atoms with Gasteiger partial charge in [0.2, 0.25) is 11.8 Å². The van der Waals surface area contributed by atoms with Crippen LogP contribution in [0.25, 0.3) is 0 Å². The summed E-state index contributed by atoms with van der Waals surface area (Å²) in [6.07, 6.45) is 4.97. The Kier molecular flexibility index (Phi) is 7.29. The summed E-state index contributed by atoms with van der Waals surface area (Å²) in [7, 11) is 3.62. The number of ether oxygens (including phenoxy) is 2. The molecule has 1 amide bonds. The van der Waals surface area contributed by atoms with Crippen molar-refractivity contribution in [1.29, 1.82) is 0 Å². The number of nitrogens with one attached hydrogen (secondary N) is 2. The van der Waals surface area contributed by atoms with Gasteiger partial charge in [0.1, 0.15) is 12.2 Å². The molecule has 0 aliphatic carbocycles. The lowest BCUT2D eigenvalue weighted by Crippen LogP contribution is -2.45. The van der Waals surface area contributed by atoms with Gasteiger partial charge in [-0.2, -0.15) is 10.1 Å². The third-order valence-corrected chi connectivity index (χ3v) is 5.63. The molecule has 0 bridgehead atoms. The maximum atomic E-state index is 12.9. The minimum Gasteiger partial charge on any atom is -0.475 e. The monoisotopic (exact) mass is 491 g/mol. The van der Waals surface area contributed by atoms with Crippen molar-refractivity contribution >= 4 is 46.4 Å². The van der Waals surface area contributed by atoms with Crippen molar-refractivity contribution < 1.29 is 14.3 Å². The van der Waals surface area contributed by atoms with Gasteiger partial charge in [0.15, 0.2) is 0 Å². The summed E-state index contributed by atoms with van der Waals surface area (Å²) < 4.78 is 12.6. The smallest absolute Gasteiger partial charge is 0.262 e. The van der Waals surface area contributed by atoms with Crippen LogP contribution in [-0.2, 0) is 4.74 Å². The number of likely N-dealkylation sites (N-methyl/N-ethyl adjacent to an activating group) is 1. The molecule has 4 rings (SSSR count). The molecule has 3 aromatic rings. The molecular weight excluding hydrogens is 469 g/mol. The van der Waals surface area contributed by atoms with E-state index >= 15 is 0 Å². The zero-order valence-corrected chi connectivity index (χ0v) is 19.6. The summed E-state index contributed by atoms with van der Waals surface area (Å²) in [6, 6.07) is 5.30. The number of rotatable bonds is 9. The summed E-state index contributed by atoms with van der Waals surface area (Å²) in [4.78, 5) is 23.8. The molecule has 12 heteroatoms. The van der Waals surface area contributed by atoms with Crippen molar-refractivity contribution in [1.82, 2.24) is 24.6 Å². The van der Waals surface area contributed by atoms with Crippen molar-refractivity contribution in [2.45, 2.75) is 6.04 Å². The first-order chi connectivity index (χ1) is 15.9. The molecule has 174 valence electrons. The Morgan fingerprint density at radius 3 is 2.67 bits per heavy atom. The summed E-state index contributed by atoms with van der Waals surface area (Å²) in [6.45, 7) is 2.43. The molecule has 2 aromatic heterocycles. The molecule has 1 fully saturated rings. The second-order valence-corrected chi connectivity index (χ2v) is 8.33. The van der Waals surface area contributed by atoms with E-state index in [-0.39, 0.29) is 24.0 Å². The summed E-state index contributed by atoms with van der Waals surface area (Å²) in [5.74, 6) is -0.149. The van der Waals surface area contributed by atoms with E-state index in [0.29, 0.717) is 28.4 Å². The molecule has 1 saturated heterocycles. The SMILES string of the molecule is COCCOc1nc(Nc2cnn(C3CN(C)C3)c2)ncc1C(=O)Nc1c(Cl)cccc1Cl. The highest BCUT2D eigenvalue weighted by atomic mass is 35.5. The van der Waals surface area contributed by atoms with Gasteiger partial charge in [-0.05, 0) is 19.2 Å². The highest BCUT2D eigenvalue weighted by molar-refractivity contribution is 6.40. The quantitative estimate of drug-likeness (QED) is 0.438. The standard InChI is InChI=1S/C21H23Cl2N7O3/c1-29-11-14(12-29)30-10-13(8-25-30)26-21-24-9-15(20(28-21)33-7-6-32-2)19(31)27-18-16(22)4-3-5-17(18)23/h3-5,8-10,14H,6-7,11-12H2,1-2H3,(H,27,31)(H,24,26,28). The molecule has 3 heterocycles. The average Bonchev–Trinajstić information content (AvgIpc) is 3.22. The van der Waals surface area contributed by atoms with Crippen LogP contribution in [0.15, 0.2) is 36.8 Å². The molecule has 10 nitrogen and oxygen atoms in total. The van der Waals surface area contributed by atoms with E-state index in [1.165, 1.54) is 6.20 Å². The fourth-order valence-electron chi connectivity index (χ4n) is 3.28. The second kappa shape index (κ2) is 10.3. The third kappa shape index (κ3) is 5.53. The maximum Gasteiger partial charge on any atom is 0.262 e. The minimum absolute atomic E-state index is 0.0956. The van der Waals surface area contributed by atoms with Gasteiger partial charge in [0, 0.05) is 32.6 Å². The Morgan fingerprint density at radius 2 is 1.97 bits per heavy atom. The van der Waals surface area contributed by atoms with Crippen molar-refractivity contribution in [2.24, 2.45) is 0 Å². The molecule has 0 radical (unpaired) electrons. The number of para-hydroxylation sites is 1. The van der Waals surface area contributed by atoms with Crippen LogP contribution in [0.4, 0.5) is 17.3 Å². The number of halogens is 2. The lowest BCUT2D eigenvalue weighted by atomic mass is 10.1. The average molecular weight is 492 g/mol. The second-order valence-electron chi connectivity index (χ2n) is 7.51. The van der Waals surface area contributed by atoms with E-state index in [1.807, 2.05) is 10.9 Å². The largest absolute Gasteiger partial charge is 0.475 e. The van der Waals surface area contributed by atoms with E-state index in [1.54, 1.807) is 31.5 Å². The number of hydrogen-bond acceptors (Lipinski definition) is 8. The Hall–Kier alpha value is -2.92. The highest BCUT2D eigenvalue weighted by Crippen LogP contribution is 2.31. The Labute approximate surface area is 200 Å². The van der Waals surface area contributed by atoms with Crippen molar-refractivity contribution in [3.8, 4) is 5.88 Å². The molecule has 33 heavy (non-hydrogen) atoms. The van der Waals surface area contributed by atoms with Gasteiger partial charge in [-0.15, -0.1) is 0 Å². The van der Waals surface area contributed by atoms with Crippen molar-refractivity contribution in [3.63, 3.8) is 0 Å². The first-order valence-electron chi connectivity index (χ1n) is 10.2. The highest BCUT2D eigenvalue weighted by Gasteiger charge is 2.25. The number of nitrogens with zero attached hydrogens (tertiary/aromatic N) is 5. The van der Waals surface area contributed by atoms with Crippen LogP contribution in [-0.4, -0.2) is 71.0 Å². The fourth-order valence-corrected chi connectivity index (χ4v) is 3.77. The van der Waals surface area contributed by atoms with E-state index in [0.717, 1.165) is 18.8 Å². The van der Waals surface area contributed by atoms with Gasteiger partial charge < -0.3 is 25.0 Å². The van der Waals surface area contributed by atoms with Gasteiger partial charge in [0.05, 0.1) is 40.3 Å². The number of anilines is 3. The number of amides is 1. The van der Waals surface area contributed by atoms with E-state index in [2.05, 4.69) is 37.6 Å². The van der Waals surface area contributed by atoms with Gasteiger partial charge in [-0.25, -0.2) is 4.98 Å². The first-order valence-corrected chi connectivity index (χ1v) is 10.9. The van der Waals surface area contributed by atoms with E-state index < -0.39 is 5.91 Å². The van der Waals surface area contributed by atoms with Crippen LogP contribution in [0.5, 0.6) is 5.88 Å². The molecule has 1 aliphatic heterocycles. The van der Waals surface area contributed by atoms with E-state index in [4.69, 9.17) is 32.7 Å². The van der Waals surface area contributed by atoms with E-state index in [9.17, 15) is 4.79 Å². The normalized spacial score (nSPS) is 14.1. The minimum atomic E-state index is -0.508. The van der Waals surface area contributed by atoms with Gasteiger partial charge in [-0.3, -0.25) is 9.48 Å². The molecule has 0 atom stereocenters. The molecule has 2 N–H and O–H groups in total. The molecule has 1 aliphatic rings. The van der Waals surface area contributed by atoms with Crippen molar-refractivity contribution in [2.75, 3.05) is 51.1 Å². The zero-order valence-electron chi connectivity index (χ0n) is 18.1. The van der Waals surface area contributed by atoms with Gasteiger partial charge in [-0.1, -0.05) is 29.3 Å². The molecule has 0 spiro atoms. The van der Waals surface area contributed by atoms with Crippen LogP contribution in [0.1, 0.15) is 16.4 Å². The van der Waals surface area contributed by atoms with Crippen LogP contribution in [0.2, 0.25) is 10.0 Å². The molecule has 0 unspecified atom stereocenters. The number of carbonyl (C=O) groups is 1. The Bertz CT molecular complexity index is 1110. The van der Waals surface area contributed by atoms with Crippen molar-refractivity contribution in [3.05, 3.63) is 52.4 Å². The molecular formula is C21H23Cl2N7O3. The summed E-state index contributed by atoms with van der Waals surface area (Å²) in [5.41, 5.74) is 1.15. The van der Waals surface area contributed by atoms with Gasteiger partial charge >= 0.3 is 0 Å². The third-order valence-electron chi connectivity index (χ3n) is 5.00. The predicted octanol–water partition coefficient (Wildman–Crippen LogP) is 3.49. The molecule has 1 aromatic carbocycles. The summed E-state index contributed by atoms with van der Waals surface area (Å²) in [5, 5.41) is 10.8. The zero-order chi connectivity index (χ0) is 23.4. The van der Waals surface area contributed by atoms with Crippen LogP contribution < -0.4 is 15.4 Å². The molecule has 0 saturated carbocycles. The van der Waals surface area contributed by atoms with Crippen LogP contribution in [0.3, 0.4) is 0 Å². The fraction of sp³-hybridized carbons (Fsp3) is 0.333. The predicted molar refractivity (Wildman–Crippen MR) is 126 cm³/mol. The van der Waals surface area contributed by atoms with Crippen LogP contribution >= 0.6 is 23.2 Å². The number of benzene rings is 1. The number of carbonyl (C=O) groups excluding carboxylic acids is 1. The number of likely N-dealkylation sites (tertiary alicyclic amines) is 1.